The summed E-state index contributed by atoms with van der Waals surface area (Å²) >= 11 is 0. The summed E-state index contributed by atoms with van der Waals surface area (Å²) in [5.74, 6) is 0. The van der Waals surface area contributed by atoms with E-state index in [2.05, 4.69) is 0 Å². The van der Waals surface area contributed by atoms with E-state index in [1.54, 1.807) is 0 Å². The topological polar surface area (TPSA) is 0 Å². The predicted molar refractivity (Wildman–Crippen MR) is 42.1 cm³/mol. The molecule has 0 aliphatic carbocycles. The van der Waals surface area contributed by atoms with Gasteiger partial charge in [-0.25, -0.2) is 0 Å². The fourth-order valence-corrected chi connectivity index (χ4v) is 0. The van der Waals surface area contributed by atoms with Crippen molar-refractivity contribution >= 4 is 49.0 Å². The number of rotatable bonds is 0. The normalized spacial score (nSPS) is 6.35. The minimum Gasteiger partial charge on any atom is -0.254 e. The Balaban J connectivity index is -0.0000000369. The van der Waals surface area contributed by atoms with Gasteiger partial charge in [0.25, 0.3) is 0 Å². The Labute approximate surface area is 102 Å². The van der Waals surface area contributed by atoms with E-state index in [1.807, 2.05) is 0 Å². The van der Waals surface area contributed by atoms with Crippen LogP contribution in [0.1, 0.15) is 0 Å². The smallest absolute Gasteiger partial charge is 0.254 e. The Morgan fingerprint density at radius 3 is 0.294 bits per heavy atom. The minimum atomic E-state index is -3.67. The zero-order valence-electron chi connectivity index (χ0n) is 7.84. The first-order valence-electron chi connectivity index (χ1n) is 2.62. The van der Waals surface area contributed by atoms with Gasteiger partial charge in [-0.2, -0.15) is 0 Å². The van der Waals surface area contributed by atoms with Gasteiger partial charge in [-0.1, -0.05) is 0 Å². The molecule has 0 aromatic rings. The third-order valence-electron chi connectivity index (χ3n) is 0. The fraction of sp³-hybridized carbons (Fsp3) is 0. The Kier molecular flexibility index (Phi) is 44.5. The third kappa shape index (κ3) is 10700000. The molecule has 0 amide bonds. The van der Waals surface area contributed by atoms with Crippen LogP contribution in [0.3, 0.4) is 0 Å². The van der Waals surface area contributed by atoms with E-state index in [0.29, 0.717) is 0 Å². The molecule has 0 aromatic carbocycles. The zero-order valence-corrected chi connectivity index (χ0v) is 7.84. The molecule has 0 saturated heterocycles. The van der Waals surface area contributed by atoms with E-state index in [-0.39, 0.29) is 18.9 Å². The van der Waals surface area contributed by atoms with Gasteiger partial charge in [-0.05, 0) is 0 Å². The van der Waals surface area contributed by atoms with Crippen LogP contribution in [-0.2, 0) is 0 Å². The van der Waals surface area contributed by atoms with E-state index in [1.165, 1.54) is 0 Å². The van der Waals surface area contributed by atoms with Gasteiger partial charge in [0, 0.05) is 18.9 Å². The van der Waals surface area contributed by atoms with Crippen molar-refractivity contribution in [2.45, 2.75) is 0 Å². The van der Waals surface area contributed by atoms with Crippen LogP contribution in [0.5, 0.6) is 0 Å². The first kappa shape index (κ1) is 30.2. The van der Waals surface area contributed by atoms with Gasteiger partial charge in [0.15, 0.2) is 0 Å². The van der Waals surface area contributed by atoms with Gasteiger partial charge in [-0.15, -0.1) is 0 Å². The van der Waals surface area contributed by atoms with E-state index in [4.69, 9.17) is 0 Å². The molecule has 0 fully saturated rings. The maximum Gasteiger partial charge on any atom is 0.762 e. The third-order valence-corrected chi connectivity index (χ3v) is 0. The maximum atomic E-state index is 9.67. The average Bonchev–Trinajstić information content (AvgIpc) is 1.76. The number of halogens is 12. The van der Waals surface area contributed by atoms with E-state index < -0.39 is 30.2 Å². The summed E-state index contributed by atoms with van der Waals surface area (Å²) in [7, 11) is -14.7. The molecule has 0 aromatic heterocycles. The van der Waals surface area contributed by atoms with Crippen LogP contribution in [-0.4, -0.2) is 49.0 Å². The van der Waals surface area contributed by atoms with Gasteiger partial charge in [0.1, 0.15) is 0 Å². The SMILES string of the molecule is FB(F)F.FB(F)F.FB(F)F.FB(F)F.[Li]. The van der Waals surface area contributed by atoms with Crippen molar-refractivity contribution in [3.8, 4) is 0 Å². The fourth-order valence-electron chi connectivity index (χ4n) is 0. The Morgan fingerprint density at radius 2 is 0.294 bits per heavy atom. The van der Waals surface area contributed by atoms with Crippen molar-refractivity contribution in [1.29, 1.82) is 0 Å². The first-order valence-corrected chi connectivity index (χ1v) is 2.62. The molecule has 0 spiro atoms. The van der Waals surface area contributed by atoms with E-state index in [0.717, 1.165) is 0 Å². The van der Waals surface area contributed by atoms with Crippen molar-refractivity contribution in [2.75, 3.05) is 0 Å². The summed E-state index contributed by atoms with van der Waals surface area (Å²) in [5.41, 5.74) is 0. The Hall–Kier alpha value is 0.0171. The molecule has 1 radical (unpaired) electrons. The second kappa shape index (κ2) is 25.0. The summed E-state index contributed by atoms with van der Waals surface area (Å²) in [6.45, 7) is 0. The van der Waals surface area contributed by atoms with Crippen LogP contribution in [0, 0.1) is 0 Å². The molecule has 0 unspecified atom stereocenters. The summed E-state index contributed by atoms with van der Waals surface area (Å²) < 4.78 is 116. The molecule has 0 aliphatic rings. The second-order valence-corrected chi connectivity index (χ2v) is 0.990. The van der Waals surface area contributed by atoms with Crippen LogP contribution >= 0.6 is 0 Å². The molecule has 0 heterocycles. The van der Waals surface area contributed by atoms with Crippen LogP contribution in [0.25, 0.3) is 0 Å². The van der Waals surface area contributed by atoms with Crippen molar-refractivity contribution < 1.29 is 51.8 Å². The summed E-state index contributed by atoms with van der Waals surface area (Å²) in [6, 6.07) is 0. The monoisotopic (exact) mass is 279 g/mol. The second-order valence-electron chi connectivity index (χ2n) is 0.990. The average molecular weight is 278 g/mol. The number of hydrogen-bond acceptors (Lipinski definition) is 0. The van der Waals surface area contributed by atoms with Crippen LogP contribution in [0.15, 0.2) is 0 Å². The van der Waals surface area contributed by atoms with Gasteiger partial charge >= 0.3 is 30.2 Å². The summed E-state index contributed by atoms with van der Waals surface area (Å²) in [6.07, 6.45) is 0. The molecular formula is B4F12Li. The van der Waals surface area contributed by atoms with E-state index in [9.17, 15) is 51.8 Å². The molecule has 0 N–H and O–H groups in total. The largest absolute Gasteiger partial charge is 0.762 e. The van der Waals surface area contributed by atoms with Gasteiger partial charge < -0.3 is 0 Å². The summed E-state index contributed by atoms with van der Waals surface area (Å²) in [5, 5.41) is 0. The van der Waals surface area contributed by atoms with Crippen LogP contribution < -0.4 is 0 Å². The van der Waals surface area contributed by atoms with Gasteiger partial charge in [0.2, 0.25) is 0 Å². The van der Waals surface area contributed by atoms with Crippen molar-refractivity contribution in [2.24, 2.45) is 0 Å². The zero-order chi connectivity index (χ0) is 14.3. The molecule has 0 atom stereocenters. The Bertz CT molecular complexity index is 61.5. The standard InChI is InChI=1S/4BF3.Li/c4*2-1(3)4;. The number of hydrogen-bond donors (Lipinski definition) is 0. The molecule has 0 saturated carbocycles. The quantitative estimate of drug-likeness (QED) is 0.472. The molecule has 97 valence electrons. The molecule has 0 rings (SSSR count). The van der Waals surface area contributed by atoms with Crippen LogP contribution in [0.2, 0.25) is 0 Å². The van der Waals surface area contributed by atoms with Crippen LogP contribution in [0.4, 0.5) is 51.8 Å². The molecular weight excluding hydrogens is 278 g/mol. The predicted octanol–water partition coefficient (Wildman–Crippen LogP) is 3.14. The molecule has 0 bridgehead atoms. The van der Waals surface area contributed by atoms with Gasteiger partial charge in [-0.3, -0.25) is 51.8 Å². The van der Waals surface area contributed by atoms with Crippen molar-refractivity contribution in [3.05, 3.63) is 0 Å². The van der Waals surface area contributed by atoms with Crippen molar-refractivity contribution in [1.82, 2.24) is 0 Å². The first-order chi connectivity index (χ1) is 6.93. The maximum absolute atomic E-state index is 9.67. The molecule has 0 aliphatic heterocycles. The molecule has 17 heteroatoms. The van der Waals surface area contributed by atoms with Crippen molar-refractivity contribution in [3.63, 3.8) is 0 Å². The van der Waals surface area contributed by atoms with E-state index >= 15 is 0 Å². The summed E-state index contributed by atoms with van der Waals surface area (Å²) in [4.78, 5) is 0. The Morgan fingerprint density at radius 1 is 0.294 bits per heavy atom. The molecule has 0 nitrogen and oxygen atoms in total. The van der Waals surface area contributed by atoms with Gasteiger partial charge in [0.05, 0.1) is 0 Å². The minimum absolute atomic E-state index is 0. The molecule has 17 heavy (non-hydrogen) atoms.